The molecule has 2 aromatic rings. The van der Waals surface area contributed by atoms with Crippen LogP contribution in [-0.4, -0.2) is 11.7 Å². The standard InChI is InChI=1S/C14H13F2N3OS/c15-14(16)21-12-4-2-1-3-11(12)19-13(20)9-6-5-8(17)7-10(9)18/h1-7,14H,17-18H2,(H,19,20). The third-order valence-corrected chi connectivity index (χ3v) is 3.46. The molecule has 0 aliphatic rings. The summed E-state index contributed by atoms with van der Waals surface area (Å²) in [5.41, 5.74) is 12.5. The maximum Gasteiger partial charge on any atom is 0.288 e. The highest BCUT2D eigenvalue weighted by molar-refractivity contribution is 7.99. The van der Waals surface area contributed by atoms with Crippen molar-refractivity contribution in [2.75, 3.05) is 16.8 Å². The van der Waals surface area contributed by atoms with Gasteiger partial charge in [0.15, 0.2) is 0 Å². The quantitative estimate of drug-likeness (QED) is 0.597. The maximum absolute atomic E-state index is 12.5. The Kier molecular flexibility index (Phi) is 4.64. The highest BCUT2D eigenvalue weighted by Crippen LogP contribution is 2.32. The van der Waals surface area contributed by atoms with E-state index in [0.717, 1.165) is 0 Å². The SMILES string of the molecule is Nc1ccc(C(=O)Nc2ccccc2SC(F)F)c(N)c1. The lowest BCUT2D eigenvalue weighted by Gasteiger charge is -2.11. The largest absolute Gasteiger partial charge is 0.399 e. The number of nitrogen functional groups attached to an aromatic ring is 2. The first kappa shape index (κ1) is 15.1. The summed E-state index contributed by atoms with van der Waals surface area (Å²) in [7, 11) is 0. The molecule has 1 amide bonds. The lowest BCUT2D eigenvalue weighted by atomic mass is 10.1. The third-order valence-electron chi connectivity index (χ3n) is 2.67. The zero-order valence-electron chi connectivity index (χ0n) is 10.8. The van der Waals surface area contributed by atoms with Crippen LogP contribution >= 0.6 is 11.8 Å². The second-order valence-electron chi connectivity index (χ2n) is 4.18. The van der Waals surface area contributed by atoms with Crippen LogP contribution in [0.25, 0.3) is 0 Å². The number of rotatable bonds is 4. The van der Waals surface area contributed by atoms with E-state index < -0.39 is 11.7 Å². The number of nitrogens with one attached hydrogen (secondary N) is 1. The van der Waals surface area contributed by atoms with Gasteiger partial charge in [-0.3, -0.25) is 4.79 Å². The van der Waals surface area contributed by atoms with Crippen molar-refractivity contribution < 1.29 is 13.6 Å². The van der Waals surface area contributed by atoms with Crippen molar-refractivity contribution in [3.63, 3.8) is 0 Å². The van der Waals surface area contributed by atoms with Gasteiger partial charge in [-0.2, -0.15) is 8.78 Å². The van der Waals surface area contributed by atoms with E-state index in [-0.39, 0.29) is 16.1 Å². The molecule has 4 nitrogen and oxygen atoms in total. The van der Waals surface area contributed by atoms with Crippen molar-refractivity contribution in [1.29, 1.82) is 0 Å². The van der Waals surface area contributed by atoms with Gasteiger partial charge < -0.3 is 16.8 Å². The Balaban J connectivity index is 2.23. The molecule has 0 saturated heterocycles. The zero-order chi connectivity index (χ0) is 15.4. The fraction of sp³-hybridized carbons (Fsp3) is 0.0714. The topological polar surface area (TPSA) is 81.1 Å². The van der Waals surface area contributed by atoms with E-state index in [1.165, 1.54) is 18.2 Å². The van der Waals surface area contributed by atoms with Crippen LogP contribution < -0.4 is 16.8 Å². The van der Waals surface area contributed by atoms with Crippen molar-refractivity contribution >= 4 is 34.7 Å². The van der Waals surface area contributed by atoms with Crippen molar-refractivity contribution in [3.8, 4) is 0 Å². The van der Waals surface area contributed by atoms with Crippen molar-refractivity contribution in [2.45, 2.75) is 10.7 Å². The fourth-order valence-corrected chi connectivity index (χ4v) is 2.34. The highest BCUT2D eigenvalue weighted by Gasteiger charge is 2.14. The van der Waals surface area contributed by atoms with Gasteiger partial charge in [0.2, 0.25) is 0 Å². The van der Waals surface area contributed by atoms with Gasteiger partial charge in [0, 0.05) is 16.3 Å². The minimum Gasteiger partial charge on any atom is -0.399 e. The summed E-state index contributed by atoms with van der Waals surface area (Å²) in [6.45, 7) is 0. The molecule has 21 heavy (non-hydrogen) atoms. The molecular formula is C14H13F2N3OS. The lowest BCUT2D eigenvalue weighted by Crippen LogP contribution is -2.14. The van der Waals surface area contributed by atoms with Gasteiger partial charge in [-0.25, -0.2) is 0 Å². The van der Waals surface area contributed by atoms with Gasteiger partial charge in [0.05, 0.1) is 11.3 Å². The number of carbonyl (C=O) groups excluding carboxylic acids is 1. The van der Waals surface area contributed by atoms with E-state index in [1.54, 1.807) is 24.3 Å². The van der Waals surface area contributed by atoms with Gasteiger partial charge in [-0.05, 0) is 30.3 Å². The number of thioether (sulfide) groups is 1. The van der Waals surface area contributed by atoms with Crippen LogP contribution in [-0.2, 0) is 0 Å². The predicted octanol–water partition coefficient (Wildman–Crippen LogP) is 3.42. The van der Waals surface area contributed by atoms with Crippen LogP contribution in [0.15, 0.2) is 47.4 Å². The monoisotopic (exact) mass is 309 g/mol. The minimum absolute atomic E-state index is 0.228. The van der Waals surface area contributed by atoms with Crippen molar-refractivity contribution in [3.05, 3.63) is 48.0 Å². The number of halogens is 2. The summed E-state index contributed by atoms with van der Waals surface area (Å²) in [6.07, 6.45) is 0. The summed E-state index contributed by atoms with van der Waals surface area (Å²) >= 11 is 0.370. The average Bonchev–Trinajstić information content (AvgIpc) is 2.40. The van der Waals surface area contributed by atoms with Crippen molar-refractivity contribution in [1.82, 2.24) is 0 Å². The third kappa shape index (κ3) is 3.85. The first-order chi connectivity index (χ1) is 9.97. The molecule has 0 heterocycles. The van der Waals surface area contributed by atoms with Crippen LogP contribution in [0.3, 0.4) is 0 Å². The van der Waals surface area contributed by atoms with E-state index in [1.807, 2.05) is 0 Å². The highest BCUT2D eigenvalue weighted by atomic mass is 32.2. The Bertz CT molecular complexity index is 664. The molecule has 0 aromatic heterocycles. The smallest absolute Gasteiger partial charge is 0.288 e. The Hall–Kier alpha value is -2.28. The molecule has 0 unspecified atom stereocenters. The minimum atomic E-state index is -2.57. The number of para-hydroxylation sites is 1. The van der Waals surface area contributed by atoms with Gasteiger partial charge in [-0.1, -0.05) is 23.9 Å². The van der Waals surface area contributed by atoms with Crippen molar-refractivity contribution in [2.24, 2.45) is 0 Å². The average molecular weight is 309 g/mol. The summed E-state index contributed by atoms with van der Waals surface area (Å²) < 4.78 is 25.0. The number of anilines is 3. The Morgan fingerprint density at radius 2 is 1.86 bits per heavy atom. The molecule has 0 aliphatic heterocycles. The summed E-state index contributed by atoms with van der Waals surface area (Å²) in [4.78, 5) is 12.4. The fourth-order valence-electron chi connectivity index (χ4n) is 1.75. The van der Waals surface area contributed by atoms with Gasteiger partial charge in [0.25, 0.3) is 11.7 Å². The summed E-state index contributed by atoms with van der Waals surface area (Å²) in [5.74, 6) is -3.04. The summed E-state index contributed by atoms with van der Waals surface area (Å²) in [5, 5.41) is 2.58. The van der Waals surface area contributed by atoms with Gasteiger partial charge in [0.1, 0.15) is 0 Å². The van der Waals surface area contributed by atoms with E-state index in [0.29, 0.717) is 23.1 Å². The molecule has 110 valence electrons. The van der Waals surface area contributed by atoms with E-state index >= 15 is 0 Å². The molecule has 0 fully saturated rings. The number of amides is 1. The Morgan fingerprint density at radius 1 is 1.14 bits per heavy atom. The van der Waals surface area contributed by atoms with Crippen LogP contribution in [0.4, 0.5) is 25.8 Å². The number of hydrogen-bond acceptors (Lipinski definition) is 4. The molecule has 0 spiro atoms. The molecule has 5 N–H and O–H groups in total. The van der Waals surface area contributed by atoms with E-state index in [9.17, 15) is 13.6 Å². The second-order valence-corrected chi connectivity index (χ2v) is 5.21. The number of benzene rings is 2. The van der Waals surface area contributed by atoms with Crippen LogP contribution in [0.5, 0.6) is 0 Å². The first-order valence-electron chi connectivity index (χ1n) is 5.97. The van der Waals surface area contributed by atoms with E-state index in [2.05, 4.69) is 5.32 Å². The van der Waals surface area contributed by atoms with Gasteiger partial charge >= 0.3 is 0 Å². The lowest BCUT2D eigenvalue weighted by molar-refractivity contribution is 0.102. The summed E-state index contributed by atoms with van der Waals surface area (Å²) in [6, 6.07) is 10.8. The number of nitrogens with two attached hydrogens (primary N) is 2. The molecule has 0 bridgehead atoms. The number of carbonyl (C=O) groups is 1. The Morgan fingerprint density at radius 3 is 2.52 bits per heavy atom. The second kappa shape index (κ2) is 6.45. The molecule has 2 rings (SSSR count). The molecular weight excluding hydrogens is 296 g/mol. The first-order valence-corrected chi connectivity index (χ1v) is 6.85. The van der Waals surface area contributed by atoms with Crippen LogP contribution in [0.1, 0.15) is 10.4 Å². The Labute approximate surface area is 124 Å². The maximum atomic E-state index is 12.5. The number of hydrogen-bond donors (Lipinski definition) is 3. The normalized spacial score (nSPS) is 10.6. The zero-order valence-corrected chi connectivity index (χ0v) is 11.7. The molecule has 0 radical (unpaired) electrons. The molecule has 2 aromatic carbocycles. The molecule has 0 aliphatic carbocycles. The van der Waals surface area contributed by atoms with Crippen LogP contribution in [0.2, 0.25) is 0 Å². The van der Waals surface area contributed by atoms with Crippen LogP contribution in [0, 0.1) is 0 Å². The van der Waals surface area contributed by atoms with Gasteiger partial charge in [-0.15, -0.1) is 0 Å². The molecule has 0 atom stereocenters. The molecule has 7 heteroatoms. The number of alkyl halides is 2. The molecule has 0 saturated carbocycles. The predicted molar refractivity (Wildman–Crippen MR) is 81.5 cm³/mol. The van der Waals surface area contributed by atoms with E-state index in [4.69, 9.17) is 11.5 Å².